The van der Waals surface area contributed by atoms with E-state index in [2.05, 4.69) is 26.6 Å². The van der Waals surface area contributed by atoms with E-state index in [1.807, 2.05) is 0 Å². The van der Waals surface area contributed by atoms with Crippen LogP contribution >= 0.6 is 0 Å². The van der Waals surface area contributed by atoms with Crippen LogP contribution in [0.1, 0.15) is 36.8 Å². The molecule has 17 nitrogen and oxygen atoms in total. The standard InChI is InChI=1S/C32H48N10O7/c33-9-1-3-24-30(48)42-25(31(49)41-23(4-2-10-38-32(36)37)29(47)39-16-21(43)15-34)14-20-12-18(6-8-27(20)45)17-5-7-26(44)19(11-17)13-22(35)28(46)40-24/h5-8,11-12,21-25,43-45H,1-4,9-10,13-16,33-35H2,(H,39,47)(H,40,46)(H,41,49)(H,42,48)(H4,36,37,38)/t21?,22-,23-,24-,25-/m0/s1. The first-order valence-corrected chi connectivity index (χ1v) is 16.1. The summed E-state index contributed by atoms with van der Waals surface area (Å²) in [6.07, 6.45) is -0.411. The number of benzene rings is 2. The molecule has 17 N–H and O–H groups in total. The Balaban J connectivity index is 2.02. The maximum atomic E-state index is 13.9. The molecular formula is C32H48N10O7. The smallest absolute Gasteiger partial charge is 0.243 e. The van der Waals surface area contributed by atoms with Crippen LogP contribution in [0, 0.1) is 5.41 Å². The van der Waals surface area contributed by atoms with Crippen molar-refractivity contribution in [1.29, 1.82) is 5.41 Å². The molecule has 4 bridgehead atoms. The van der Waals surface area contributed by atoms with Crippen molar-refractivity contribution in [3.63, 3.8) is 0 Å². The largest absolute Gasteiger partial charge is 0.508 e. The molecule has 49 heavy (non-hydrogen) atoms. The van der Waals surface area contributed by atoms with Crippen LogP contribution in [0.25, 0.3) is 11.1 Å². The van der Waals surface area contributed by atoms with E-state index < -0.39 is 53.9 Å². The van der Waals surface area contributed by atoms with Crippen molar-refractivity contribution in [2.45, 2.75) is 68.8 Å². The molecule has 0 saturated carbocycles. The fourth-order valence-electron chi connectivity index (χ4n) is 5.25. The SMILES string of the molecule is N=C(N)NCCC[C@H](NC(=O)[C@@H]1Cc2cc(ccc2O)-c2ccc(O)c(c2)C[C@H](N)C(=O)N[C@@H](CCCN)C(=O)N1)C(=O)NCC(O)CN. The Kier molecular flexibility index (Phi) is 14.6. The number of guanidine groups is 1. The van der Waals surface area contributed by atoms with Gasteiger partial charge >= 0.3 is 0 Å². The van der Waals surface area contributed by atoms with Crippen LogP contribution in [-0.4, -0.2) is 101 Å². The lowest BCUT2D eigenvalue weighted by Gasteiger charge is -2.26. The minimum absolute atomic E-state index is 0.0413. The number of aromatic hydroxyl groups is 2. The van der Waals surface area contributed by atoms with Gasteiger partial charge in [0.05, 0.1) is 12.1 Å². The molecule has 1 aliphatic rings. The molecule has 17 heteroatoms. The monoisotopic (exact) mass is 684 g/mol. The molecule has 0 aromatic heterocycles. The van der Waals surface area contributed by atoms with Crippen LogP contribution < -0.4 is 49.5 Å². The summed E-state index contributed by atoms with van der Waals surface area (Å²) in [7, 11) is 0. The van der Waals surface area contributed by atoms with Crippen LogP contribution in [0.4, 0.5) is 0 Å². The molecule has 268 valence electrons. The highest BCUT2D eigenvalue weighted by molar-refractivity contribution is 5.95. The van der Waals surface area contributed by atoms with E-state index in [1.165, 1.54) is 12.1 Å². The predicted octanol–water partition coefficient (Wildman–Crippen LogP) is -2.92. The lowest BCUT2D eigenvalue weighted by molar-refractivity contribution is -0.134. The van der Waals surface area contributed by atoms with Gasteiger partial charge < -0.3 is 64.8 Å². The summed E-state index contributed by atoms with van der Waals surface area (Å²) in [5.74, 6) is -3.27. The van der Waals surface area contributed by atoms with Crippen molar-refractivity contribution in [1.82, 2.24) is 26.6 Å². The first-order valence-electron chi connectivity index (χ1n) is 16.1. The zero-order chi connectivity index (χ0) is 36.1. The second-order valence-corrected chi connectivity index (χ2v) is 11.9. The van der Waals surface area contributed by atoms with Gasteiger partial charge in [0.25, 0.3) is 0 Å². The number of nitrogens with one attached hydrogen (secondary N) is 6. The van der Waals surface area contributed by atoms with Crippen molar-refractivity contribution < 1.29 is 34.5 Å². The van der Waals surface area contributed by atoms with Crippen LogP contribution in [0.15, 0.2) is 36.4 Å². The van der Waals surface area contributed by atoms with Crippen LogP contribution in [0.3, 0.4) is 0 Å². The van der Waals surface area contributed by atoms with Crippen LogP contribution in [-0.2, 0) is 32.0 Å². The van der Waals surface area contributed by atoms with Gasteiger partial charge in [0.2, 0.25) is 23.6 Å². The normalized spacial score (nSPS) is 19.2. The van der Waals surface area contributed by atoms with Crippen LogP contribution in [0.2, 0.25) is 0 Å². The lowest BCUT2D eigenvalue weighted by atomic mass is 9.95. The second kappa shape index (κ2) is 18.5. The molecule has 3 rings (SSSR count). The average molecular weight is 685 g/mol. The Hall–Kier alpha value is -4.97. The highest BCUT2D eigenvalue weighted by atomic mass is 16.3. The molecular weight excluding hydrogens is 636 g/mol. The quantitative estimate of drug-likeness (QED) is 0.0574. The average Bonchev–Trinajstić information content (AvgIpc) is 3.07. The Labute approximate surface area is 284 Å². The van der Waals surface area contributed by atoms with Gasteiger partial charge in [0.1, 0.15) is 29.6 Å². The molecule has 1 heterocycles. The van der Waals surface area contributed by atoms with Crippen molar-refractivity contribution in [2.75, 3.05) is 26.2 Å². The van der Waals surface area contributed by atoms with E-state index in [1.54, 1.807) is 24.3 Å². The maximum absolute atomic E-state index is 13.9. The van der Waals surface area contributed by atoms with E-state index in [-0.39, 0.29) is 69.3 Å². The molecule has 5 atom stereocenters. The van der Waals surface area contributed by atoms with E-state index >= 15 is 0 Å². The van der Waals surface area contributed by atoms with Gasteiger partial charge in [-0.2, -0.15) is 0 Å². The molecule has 0 saturated heterocycles. The second-order valence-electron chi connectivity index (χ2n) is 11.9. The first kappa shape index (κ1) is 38.5. The van der Waals surface area contributed by atoms with Gasteiger partial charge in [-0.3, -0.25) is 24.6 Å². The van der Waals surface area contributed by atoms with Crippen molar-refractivity contribution in [2.24, 2.45) is 22.9 Å². The first-order chi connectivity index (χ1) is 23.3. The number of amides is 4. The number of carbonyl (C=O) groups excluding carboxylic acids is 4. The lowest BCUT2D eigenvalue weighted by Crippen LogP contribution is -2.58. The fraction of sp³-hybridized carbons (Fsp3) is 0.469. The van der Waals surface area contributed by atoms with E-state index in [0.29, 0.717) is 35.1 Å². The summed E-state index contributed by atoms with van der Waals surface area (Å²) in [4.78, 5) is 53.9. The number of phenols is 2. The summed E-state index contributed by atoms with van der Waals surface area (Å²) in [5.41, 5.74) is 24.6. The number of nitrogens with two attached hydrogens (primary N) is 4. The predicted molar refractivity (Wildman–Crippen MR) is 182 cm³/mol. The van der Waals surface area contributed by atoms with Crippen LogP contribution in [0.5, 0.6) is 11.5 Å². The van der Waals surface area contributed by atoms with Gasteiger partial charge in [-0.05, 0) is 78.7 Å². The van der Waals surface area contributed by atoms with Gasteiger partial charge in [-0.15, -0.1) is 0 Å². The van der Waals surface area contributed by atoms with Gasteiger partial charge in [-0.25, -0.2) is 0 Å². The molecule has 1 unspecified atom stereocenters. The Morgan fingerprint density at radius 2 is 1.57 bits per heavy atom. The third-order valence-corrected chi connectivity index (χ3v) is 8.06. The fourth-order valence-corrected chi connectivity index (χ4v) is 5.25. The number of fused-ring (bicyclic) bond motifs is 5. The number of phenolic OH excluding ortho intramolecular Hbond substituents is 2. The Bertz CT molecular complexity index is 1490. The van der Waals surface area contributed by atoms with Crippen molar-refractivity contribution in [3.05, 3.63) is 47.5 Å². The van der Waals surface area contributed by atoms with Gasteiger partial charge in [0, 0.05) is 32.5 Å². The molecule has 1 aliphatic heterocycles. The molecule has 0 spiro atoms. The molecule has 0 radical (unpaired) electrons. The Morgan fingerprint density at radius 1 is 0.939 bits per heavy atom. The highest BCUT2D eigenvalue weighted by Gasteiger charge is 2.31. The topological polar surface area (TPSA) is 317 Å². The minimum Gasteiger partial charge on any atom is -0.508 e. The number of rotatable bonds is 13. The van der Waals surface area contributed by atoms with E-state index in [9.17, 15) is 34.5 Å². The van der Waals surface area contributed by atoms with E-state index in [0.717, 1.165) is 0 Å². The van der Waals surface area contributed by atoms with Gasteiger partial charge in [0.15, 0.2) is 5.96 Å². The Morgan fingerprint density at radius 3 is 2.16 bits per heavy atom. The summed E-state index contributed by atoms with van der Waals surface area (Å²) in [5, 5.41) is 51.7. The molecule has 0 fully saturated rings. The van der Waals surface area contributed by atoms with Gasteiger partial charge in [-0.1, -0.05) is 12.1 Å². The number of hydrogen-bond acceptors (Lipinski definition) is 11. The summed E-state index contributed by atoms with van der Waals surface area (Å²) < 4.78 is 0. The number of hydrogen-bond donors (Lipinski definition) is 13. The zero-order valence-electron chi connectivity index (χ0n) is 27.2. The molecule has 2 aromatic carbocycles. The van der Waals surface area contributed by atoms with E-state index in [4.69, 9.17) is 28.3 Å². The number of aliphatic hydroxyl groups is 1. The summed E-state index contributed by atoms with van der Waals surface area (Å²) in [6.45, 7) is 0.169. The number of aliphatic hydroxyl groups excluding tert-OH is 1. The molecule has 4 amide bonds. The maximum Gasteiger partial charge on any atom is 0.243 e. The van der Waals surface area contributed by atoms with Crippen molar-refractivity contribution in [3.8, 4) is 22.6 Å². The molecule has 2 aromatic rings. The number of carbonyl (C=O) groups is 4. The highest BCUT2D eigenvalue weighted by Crippen LogP contribution is 2.31. The van der Waals surface area contributed by atoms with Crippen molar-refractivity contribution >= 4 is 29.6 Å². The summed E-state index contributed by atoms with van der Waals surface area (Å²) in [6, 6.07) is 4.74. The molecule has 0 aliphatic carbocycles. The summed E-state index contributed by atoms with van der Waals surface area (Å²) >= 11 is 0. The third kappa shape index (κ3) is 11.6. The minimum atomic E-state index is -1.35. The third-order valence-electron chi connectivity index (χ3n) is 8.06. The zero-order valence-corrected chi connectivity index (χ0v) is 27.2.